The van der Waals surface area contributed by atoms with Gasteiger partial charge in [-0.3, -0.25) is 9.59 Å². The zero-order chi connectivity index (χ0) is 58.9. The maximum Gasteiger partial charge on any atom is 0.306 e. The zero-order valence-electron chi connectivity index (χ0n) is 52.4. The minimum absolute atomic E-state index is 0.120. The largest absolute Gasteiger partial charge is 0.454 e. The average molecular weight is 1140 g/mol. The molecule has 8 atom stereocenters. The van der Waals surface area contributed by atoms with E-state index in [9.17, 15) is 35.1 Å². The van der Waals surface area contributed by atoms with Crippen LogP contribution in [0.1, 0.15) is 310 Å². The number of unbranched alkanes of at least 4 members (excludes halogenated alkanes) is 36. The van der Waals surface area contributed by atoms with E-state index in [0.717, 1.165) is 83.5 Å². The van der Waals surface area contributed by atoms with Gasteiger partial charge < -0.3 is 45.1 Å². The number of hydrogen-bond donors (Lipinski definition) is 6. The topological polar surface area (TPSA) is 175 Å². The number of hydrogen-bond acceptors (Lipinski definition) is 10. The Morgan fingerprint density at radius 2 is 0.852 bits per heavy atom. The van der Waals surface area contributed by atoms with Crippen LogP contribution in [-0.2, 0) is 23.8 Å². The summed E-state index contributed by atoms with van der Waals surface area (Å²) in [6.07, 6.45) is 62.6. The molecule has 0 radical (unpaired) electrons. The monoisotopic (exact) mass is 1140 g/mol. The van der Waals surface area contributed by atoms with Crippen LogP contribution < -0.4 is 5.32 Å². The molecule has 1 heterocycles. The molecule has 1 saturated heterocycles. The minimum atomic E-state index is -1.62. The fraction of sp³-hybridized carbons (Fsp3) is 0.829. The van der Waals surface area contributed by atoms with Crippen LogP contribution >= 0.6 is 0 Å². The van der Waals surface area contributed by atoms with Crippen molar-refractivity contribution in [2.24, 2.45) is 0 Å². The van der Waals surface area contributed by atoms with E-state index >= 15 is 0 Å². The van der Waals surface area contributed by atoms with E-state index < -0.39 is 67.4 Å². The molecule has 0 bridgehead atoms. The summed E-state index contributed by atoms with van der Waals surface area (Å²) in [6, 6.07) is -1.03. The Bertz CT molecular complexity index is 1550. The van der Waals surface area contributed by atoms with Crippen LogP contribution in [0.3, 0.4) is 0 Å². The van der Waals surface area contributed by atoms with Crippen molar-refractivity contribution in [3.8, 4) is 0 Å². The predicted octanol–water partition coefficient (Wildman–Crippen LogP) is 17.0. The van der Waals surface area contributed by atoms with Gasteiger partial charge in [-0.05, 0) is 89.9 Å². The number of esters is 1. The Morgan fingerprint density at radius 1 is 0.481 bits per heavy atom. The molecule has 0 aliphatic carbocycles. The van der Waals surface area contributed by atoms with Crippen LogP contribution in [-0.4, -0.2) is 99.6 Å². The van der Waals surface area contributed by atoms with Crippen LogP contribution in [0, 0.1) is 0 Å². The van der Waals surface area contributed by atoms with Gasteiger partial charge >= 0.3 is 5.97 Å². The summed E-state index contributed by atoms with van der Waals surface area (Å²) in [4.78, 5) is 26.6. The lowest BCUT2D eigenvalue weighted by Gasteiger charge is -2.41. The third kappa shape index (κ3) is 45.4. The third-order valence-corrected chi connectivity index (χ3v) is 15.9. The molecule has 0 aromatic heterocycles. The fourth-order valence-electron chi connectivity index (χ4n) is 10.5. The molecule has 0 aromatic rings. The van der Waals surface area contributed by atoms with Gasteiger partial charge in [-0.15, -0.1) is 0 Å². The van der Waals surface area contributed by atoms with Crippen molar-refractivity contribution in [3.05, 3.63) is 60.8 Å². The molecule has 1 rings (SSSR count). The number of ether oxygens (including phenoxy) is 3. The van der Waals surface area contributed by atoms with Gasteiger partial charge in [0.25, 0.3) is 0 Å². The lowest BCUT2D eigenvalue weighted by atomic mass is 9.99. The molecule has 1 fully saturated rings. The van der Waals surface area contributed by atoms with Gasteiger partial charge in [0.2, 0.25) is 5.91 Å². The first-order valence-electron chi connectivity index (χ1n) is 34.1. The van der Waals surface area contributed by atoms with E-state index in [0.29, 0.717) is 12.8 Å². The van der Waals surface area contributed by atoms with Crippen LogP contribution in [0.2, 0.25) is 0 Å². The molecule has 0 saturated carbocycles. The number of rotatable bonds is 58. The van der Waals surface area contributed by atoms with E-state index in [1.807, 2.05) is 6.08 Å². The molecule has 472 valence electrons. The molecular weight excluding hydrogens is 1010 g/mol. The quantitative estimate of drug-likeness (QED) is 0.0195. The molecule has 8 unspecified atom stereocenters. The van der Waals surface area contributed by atoms with Crippen molar-refractivity contribution in [3.63, 3.8) is 0 Å². The van der Waals surface area contributed by atoms with Crippen LogP contribution in [0.25, 0.3) is 0 Å². The highest BCUT2D eigenvalue weighted by Crippen LogP contribution is 2.26. The highest BCUT2D eigenvalue weighted by atomic mass is 16.7. The molecular formula is C70H127NO10. The van der Waals surface area contributed by atoms with Gasteiger partial charge in [-0.25, -0.2) is 0 Å². The maximum absolute atomic E-state index is 13.4. The van der Waals surface area contributed by atoms with Crippen molar-refractivity contribution < 1.29 is 49.3 Å². The molecule has 81 heavy (non-hydrogen) atoms. The highest BCUT2D eigenvalue weighted by molar-refractivity contribution is 5.80. The summed E-state index contributed by atoms with van der Waals surface area (Å²) in [5, 5.41) is 57.1. The number of nitrogens with one attached hydrogen (secondary N) is 1. The summed E-state index contributed by atoms with van der Waals surface area (Å²) in [6.45, 7) is 5.77. The van der Waals surface area contributed by atoms with Crippen LogP contribution in [0.5, 0.6) is 0 Å². The fourth-order valence-corrected chi connectivity index (χ4v) is 10.5. The second kappa shape index (κ2) is 57.8. The molecule has 1 amide bonds. The van der Waals surface area contributed by atoms with Gasteiger partial charge in [0.15, 0.2) is 12.4 Å². The lowest BCUT2D eigenvalue weighted by Crippen LogP contribution is -2.61. The Morgan fingerprint density at radius 3 is 1.31 bits per heavy atom. The maximum atomic E-state index is 13.4. The molecule has 0 aromatic carbocycles. The van der Waals surface area contributed by atoms with Gasteiger partial charge in [-0.2, -0.15) is 0 Å². The number of carbonyl (C=O) groups is 2. The molecule has 1 aliphatic heterocycles. The summed E-state index contributed by atoms with van der Waals surface area (Å²) in [7, 11) is 0. The Kier molecular flexibility index (Phi) is 54.5. The normalized spacial score (nSPS) is 19.0. The van der Waals surface area contributed by atoms with Crippen molar-refractivity contribution >= 4 is 11.9 Å². The summed E-state index contributed by atoms with van der Waals surface area (Å²) in [5.74, 6) is -1.19. The minimum Gasteiger partial charge on any atom is -0.454 e. The summed E-state index contributed by atoms with van der Waals surface area (Å²) >= 11 is 0. The number of aliphatic hydroxyl groups is 5. The van der Waals surface area contributed by atoms with E-state index in [2.05, 4.69) is 74.7 Å². The standard InChI is InChI=1S/C70H127NO10/c1-4-7-10-13-16-19-22-24-26-28-29-30-31-32-33-34-35-36-38-40-43-46-49-52-55-58-65(75)81-68-67(77)66(76)64(59-72)80-70(68)79-60-61(62(73)56-53-50-47-44-41-21-18-15-12-9-6-3)71-69(78)63(74)57-54-51-48-45-42-39-37-27-25-23-20-17-14-11-8-5-2/h16,19,24-27,29-30,53,56,61-64,66-68,70,72-74,76-77H,4-15,17-18,20-23,28,31-52,54-55,57-60H2,1-3H3,(H,71,78)/b19-16-,26-24-,27-25+,30-29-,56-53+. The Hall–Kier alpha value is -2.64. The zero-order valence-corrected chi connectivity index (χ0v) is 52.4. The lowest BCUT2D eigenvalue weighted by molar-refractivity contribution is -0.305. The Labute approximate surface area is 497 Å². The van der Waals surface area contributed by atoms with Gasteiger partial charge in [-0.1, -0.05) is 274 Å². The first-order valence-corrected chi connectivity index (χ1v) is 34.1. The smallest absolute Gasteiger partial charge is 0.306 e. The van der Waals surface area contributed by atoms with E-state index in [1.165, 1.54) is 180 Å². The van der Waals surface area contributed by atoms with Gasteiger partial charge in [0.05, 0.1) is 25.4 Å². The number of allylic oxidation sites excluding steroid dienone is 9. The van der Waals surface area contributed by atoms with Crippen LogP contribution in [0.15, 0.2) is 60.8 Å². The van der Waals surface area contributed by atoms with Crippen LogP contribution in [0.4, 0.5) is 0 Å². The van der Waals surface area contributed by atoms with Gasteiger partial charge in [0.1, 0.15) is 24.4 Å². The van der Waals surface area contributed by atoms with Crippen molar-refractivity contribution in [1.29, 1.82) is 0 Å². The molecule has 6 N–H and O–H groups in total. The van der Waals surface area contributed by atoms with E-state index in [-0.39, 0.29) is 19.4 Å². The summed E-state index contributed by atoms with van der Waals surface area (Å²) in [5.41, 5.74) is 0. The van der Waals surface area contributed by atoms with Crippen molar-refractivity contribution in [1.82, 2.24) is 5.32 Å². The molecule has 11 nitrogen and oxygen atoms in total. The SMILES string of the molecule is CCCCC/C=C\C/C=C\C/C=C\CCCCCCCCCCCCCCC(=O)OC1C(OCC(NC(=O)C(O)CCCCCCCC/C=C/CCCCCCCC)C(O)/C=C/CCCCCCCCCCC)OC(CO)C(O)C1O. The van der Waals surface area contributed by atoms with Gasteiger partial charge in [0, 0.05) is 6.42 Å². The van der Waals surface area contributed by atoms with E-state index in [4.69, 9.17) is 14.2 Å². The van der Waals surface area contributed by atoms with Crippen molar-refractivity contribution in [2.75, 3.05) is 13.2 Å². The second-order valence-electron chi connectivity index (χ2n) is 23.6. The highest BCUT2D eigenvalue weighted by Gasteiger charge is 2.47. The average Bonchev–Trinajstić information content (AvgIpc) is 3.52. The first kappa shape index (κ1) is 76.4. The molecule has 0 spiro atoms. The predicted molar refractivity (Wildman–Crippen MR) is 338 cm³/mol. The first-order chi connectivity index (χ1) is 39.7. The number of aliphatic hydroxyl groups excluding tert-OH is 5. The van der Waals surface area contributed by atoms with E-state index in [1.54, 1.807) is 6.08 Å². The Balaban J connectivity index is 2.57. The molecule has 1 aliphatic rings. The summed E-state index contributed by atoms with van der Waals surface area (Å²) < 4.78 is 17.7. The second-order valence-corrected chi connectivity index (χ2v) is 23.6. The number of amides is 1. The molecule has 11 heteroatoms. The number of carbonyl (C=O) groups excluding carboxylic acids is 2. The van der Waals surface area contributed by atoms with Crippen molar-refractivity contribution in [2.45, 2.75) is 359 Å². The third-order valence-electron chi connectivity index (χ3n) is 15.9.